The number of hydrogen-bond acceptors (Lipinski definition) is 6. The maximum absolute atomic E-state index is 10.2. The van der Waals surface area contributed by atoms with E-state index in [9.17, 15) is 5.11 Å². The van der Waals surface area contributed by atoms with Crippen LogP contribution in [0, 0.1) is 0 Å². The molecular formula is C11H15N5O2. The number of anilines is 2. The number of imidazole rings is 1. The third-order valence-electron chi connectivity index (χ3n) is 3.06. The number of nitrogens with two attached hydrogens (primary N) is 1. The Morgan fingerprint density at radius 2 is 2.50 bits per heavy atom. The summed E-state index contributed by atoms with van der Waals surface area (Å²) in [6, 6.07) is 0. The highest BCUT2D eigenvalue weighted by atomic mass is 16.5. The van der Waals surface area contributed by atoms with E-state index in [0.717, 1.165) is 0 Å². The van der Waals surface area contributed by atoms with Crippen LogP contribution in [0.4, 0.5) is 11.6 Å². The molecule has 1 atom stereocenters. The molecule has 18 heavy (non-hydrogen) atoms. The topological polar surface area (TPSA) is 97.7 Å². The molecule has 1 aliphatic rings. The number of aliphatic hydroxyl groups is 1. The molecule has 2 aromatic rings. The standard InChI is InChI=1S/C11H15N5O2/c12-8-5-16-3-2-13-10(16)9(15-8)14-6-11(17)1-4-18-7-11/h2-3,5,17H,1,4,6-7,12H2,(H,14,15). The Bertz CT molecular complexity index is 562. The van der Waals surface area contributed by atoms with E-state index >= 15 is 0 Å². The molecule has 1 saturated heterocycles. The molecule has 96 valence electrons. The lowest BCUT2D eigenvalue weighted by Crippen LogP contribution is -2.37. The summed E-state index contributed by atoms with van der Waals surface area (Å²) < 4.78 is 6.98. The first-order chi connectivity index (χ1) is 8.66. The van der Waals surface area contributed by atoms with Crippen LogP contribution in [0.25, 0.3) is 5.65 Å². The molecule has 0 bridgehead atoms. The highest BCUT2D eigenvalue weighted by molar-refractivity contribution is 5.64. The molecule has 7 heteroatoms. The van der Waals surface area contributed by atoms with E-state index in [2.05, 4.69) is 15.3 Å². The van der Waals surface area contributed by atoms with Crippen LogP contribution in [0.2, 0.25) is 0 Å². The van der Waals surface area contributed by atoms with Gasteiger partial charge in [-0.3, -0.25) is 0 Å². The number of fused-ring (bicyclic) bond motifs is 1. The summed E-state index contributed by atoms with van der Waals surface area (Å²) in [6.45, 7) is 1.29. The van der Waals surface area contributed by atoms with Crippen LogP contribution in [0.1, 0.15) is 6.42 Å². The number of nitrogen functional groups attached to an aromatic ring is 1. The lowest BCUT2D eigenvalue weighted by atomic mass is 10.0. The second kappa shape index (κ2) is 4.11. The number of ether oxygens (including phenoxy) is 1. The minimum absolute atomic E-state index is 0.340. The molecule has 0 aromatic carbocycles. The minimum Gasteiger partial charge on any atom is -0.386 e. The van der Waals surface area contributed by atoms with Crippen molar-refractivity contribution in [2.75, 3.05) is 30.8 Å². The minimum atomic E-state index is -0.837. The van der Waals surface area contributed by atoms with E-state index in [1.165, 1.54) is 0 Å². The molecule has 1 unspecified atom stereocenters. The van der Waals surface area contributed by atoms with Crippen molar-refractivity contribution in [1.29, 1.82) is 0 Å². The van der Waals surface area contributed by atoms with Crippen LogP contribution < -0.4 is 11.1 Å². The van der Waals surface area contributed by atoms with E-state index < -0.39 is 5.60 Å². The Morgan fingerprint density at radius 3 is 3.28 bits per heavy atom. The highest BCUT2D eigenvalue weighted by Crippen LogP contribution is 2.20. The van der Waals surface area contributed by atoms with E-state index in [4.69, 9.17) is 10.5 Å². The first-order valence-corrected chi connectivity index (χ1v) is 5.79. The normalized spacial score (nSPS) is 23.6. The quantitative estimate of drug-likeness (QED) is 0.701. The third-order valence-corrected chi connectivity index (χ3v) is 3.06. The van der Waals surface area contributed by atoms with Crippen molar-refractivity contribution in [3.05, 3.63) is 18.6 Å². The molecule has 3 heterocycles. The second-order valence-corrected chi connectivity index (χ2v) is 4.55. The molecule has 3 rings (SSSR count). The molecule has 0 radical (unpaired) electrons. The van der Waals surface area contributed by atoms with E-state index in [0.29, 0.717) is 43.5 Å². The van der Waals surface area contributed by atoms with Crippen LogP contribution in [0.5, 0.6) is 0 Å². The van der Waals surface area contributed by atoms with Crippen molar-refractivity contribution in [3.63, 3.8) is 0 Å². The predicted molar refractivity (Wildman–Crippen MR) is 66.3 cm³/mol. The first kappa shape index (κ1) is 11.2. The number of nitrogens with zero attached hydrogens (tertiary/aromatic N) is 3. The largest absolute Gasteiger partial charge is 0.386 e. The summed E-state index contributed by atoms with van der Waals surface area (Å²) in [5, 5.41) is 13.3. The summed E-state index contributed by atoms with van der Waals surface area (Å²) in [4.78, 5) is 8.39. The van der Waals surface area contributed by atoms with Gasteiger partial charge in [0.15, 0.2) is 11.5 Å². The molecule has 1 aliphatic heterocycles. The summed E-state index contributed by atoms with van der Waals surface area (Å²) in [5.41, 5.74) is 5.56. The molecule has 0 spiro atoms. The van der Waals surface area contributed by atoms with Gasteiger partial charge in [-0.25, -0.2) is 9.97 Å². The van der Waals surface area contributed by atoms with Gasteiger partial charge in [-0.2, -0.15) is 0 Å². The fourth-order valence-corrected chi connectivity index (χ4v) is 2.05. The summed E-state index contributed by atoms with van der Waals surface area (Å²) in [7, 11) is 0. The van der Waals surface area contributed by atoms with Crippen molar-refractivity contribution < 1.29 is 9.84 Å². The zero-order chi connectivity index (χ0) is 12.6. The zero-order valence-electron chi connectivity index (χ0n) is 9.83. The molecule has 0 amide bonds. The number of rotatable bonds is 3. The maximum atomic E-state index is 10.2. The van der Waals surface area contributed by atoms with E-state index in [1.807, 2.05) is 0 Å². The number of aromatic nitrogens is 3. The molecule has 0 saturated carbocycles. The Kier molecular flexibility index (Phi) is 2.57. The molecule has 1 fully saturated rings. The SMILES string of the molecule is Nc1cn2ccnc2c(NCC2(O)CCOC2)n1. The highest BCUT2D eigenvalue weighted by Gasteiger charge is 2.32. The van der Waals surface area contributed by atoms with Gasteiger partial charge in [-0.15, -0.1) is 0 Å². The van der Waals surface area contributed by atoms with Gasteiger partial charge in [0.1, 0.15) is 11.4 Å². The monoisotopic (exact) mass is 249 g/mol. The zero-order valence-corrected chi connectivity index (χ0v) is 9.83. The lowest BCUT2D eigenvalue weighted by molar-refractivity contribution is 0.0381. The van der Waals surface area contributed by atoms with Crippen LogP contribution in [0.3, 0.4) is 0 Å². The third kappa shape index (κ3) is 1.98. The van der Waals surface area contributed by atoms with Crippen LogP contribution in [-0.2, 0) is 4.74 Å². The van der Waals surface area contributed by atoms with Crippen LogP contribution >= 0.6 is 0 Å². The Labute approximate surface area is 104 Å². The fourth-order valence-electron chi connectivity index (χ4n) is 2.05. The van der Waals surface area contributed by atoms with Gasteiger partial charge in [-0.1, -0.05) is 0 Å². The van der Waals surface area contributed by atoms with Gasteiger partial charge in [0.05, 0.1) is 12.8 Å². The van der Waals surface area contributed by atoms with Crippen LogP contribution in [0.15, 0.2) is 18.6 Å². The van der Waals surface area contributed by atoms with Crippen LogP contribution in [-0.4, -0.2) is 44.8 Å². The summed E-state index contributed by atoms with van der Waals surface area (Å²) >= 11 is 0. The van der Waals surface area contributed by atoms with Crippen molar-refractivity contribution in [2.24, 2.45) is 0 Å². The maximum Gasteiger partial charge on any atom is 0.180 e. The lowest BCUT2D eigenvalue weighted by Gasteiger charge is -2.21. The van der Waals surface area contributed by atoms with Gasteiger partial charge in [0, 0.05) is 32.0 Å². The Hall–Kier alpha value is -1.86. The molecule has 4 N–H and O–H groups in total. The van der Waals surface area contributed by atoms with Gasteiger partial charge in [-0.05, 0) is 0 Å². The van der Waals surface area contributed by atoms with Crippen molar-refractivity contribution in [2.45, 2.75) is 12.0 Å². The van der Waals surface area contributed by atoms with Gasteiger partial charge >= 0.3 is 0 Å². The molecular weight excluding hydrogens is 234 g/mol. The Balaban J connectivity index is 1.83. The first-order valence-electron chi connectivity index (χ1n) is 5.79. The van der Waals surface area contributed by atoms with Crippen molar-refractivity contribution >= 4 is 17.3 Å². The average molecular weight is 249 g/mol. The second-order valence-electron chi connectivity index (χ2n) is 4.55. The number of nitrogens with one attached hydrogen (secondary N) is 1. The smallest absolute Gasteiger partial charge is 0.180 e. The van der Waals surface area contributed by atoms with Gasteiger partial charge < -0.3 is 25.3 Å². The molecule has 7 nitrogen and oxygen atoms in total. The average Bonchev–Trinajstić information content (AvgIpc) is 2.95. The Morgan fingerprint density at radius 1 is 1.61 bits per heavy atom. The summed E-state index contributed by atoms with van der Waals surface area (Å²) in [5.74, 6) is 0.970. The summed E-state index contributed by atoms with van der Waals surface area (Å²) in [6.07, 6.45) is 5.79. The predicted octanol–water partition coefficient (Wildman–Crippen LogP) is -0.125. The van der Waals surface area contributed by atoms with Gasteiger partial charge in [0.25, 0.3) is 0 Å². The van der Waals surface area contributed by atoms with E-state index in [1.54, 1.807) is 23.0 Å². The fraction of sp³-hybridized carbons (Fsp3) is 0.455. The van der Waals surface area contributed by atoms with E-state index in [-0.39, 0.29) is 0 Å². The molecule has 2 aromatic heterocycles. The molecule has 0 aliphatic carbocycles. The number of hydrogen-bond donors (Lipinski definition) is 3. The van der Waals surface area contributed by atoms with Crippen molar-refractivity contribution in [3.8, 4) is 0 Å². The van der Waals surface area contributed by atoms with Gasteiger partial charge in [0.2, 0.25) is 0 Å². The van der Waals surface area contributed by atoms with Crippen molar-refractivity contribution in [1.82, 2.24) is 14.4 Å².